The lowest BCUT2D eigenvalue weighted by molar-refractivity contribution is -0.119. The molecule has 0 saturated heterocycles. The molecular formula is C20H15N3O3S. The van der Waals surface area contributed by atoms with E-state index in [9.17, 15) is 13.2 Å². The summed E-state index contributed by atoms with van der Waals surface area (Å²) in [6.07, 6.45) is 0. The van der Waals surface area contributed by atoms with Crippen molar-refractivity contribution < 1.29 is 13.2 Å². The van der Waals surface area contributed by atoms with Crippen molar-refractivity contribution in [3.63, 3.8) is 0 Å². The first-order valence-corrected chi connectivity index (χ1v) is 9.75. The number of hydrogen-bond acceptors (Lipinski definition) is 4. The first kappa shape index (κ1) is 17.1. The van der Waals surface area contributed by atoms with Crippen molar-refractivity contribution >= 4 is 32.4 Å². The summed E-state index contributed by atoms with van der Waals surface area (Å²) >= 11 is 0. The Kier molecular flexibility index (Phi) is 4.05. The summed E-state index contributed by atoms with van der Waals surface area (Å²) in [5.41, 5.74) is 1.80. The summed E-state index contributed by atoms with van der Waals surface area (Å²) in [4.78, 5) is 12.6. The number of anilines is 1. The zero-order valence-electron chi connectivity index (χ0n) is 14.2. The molecule has 3 aromatic carbocycles. The molecule has 0 atom stereocenters. The topological polar surface area (TPSA) is 90.3 Å². The van der Waals surface area contributed by atoms with Crippen molar-refractivity contribution in [2.24, 2.45) is 0 Å². The maximum absolute atomic E-state index is 12.9. The molecule has 1 aliphatic rings. The van der Waals surface area contributed by atoms with Gasteiger partial charge in [0.15, 0.2) is 0 Å². The predicted octanol–water partition coefficient (Wildman–Crippen LogP) is 2.54. The van der Waals surface area contributed by atoms with E-state index in [1.165, 1.54) is 0 Å². The fraction of sp³-hybridized carbons (Fsp3) is 0.100. The van der Waals surface area contributed by atoms with Crippen LogP contribution in [0.2, 0.25) is 0 Å². The second-order valence-electron chi connectivity index (χ2n) is 6.23. The van der Waals surface area contributed by atoms with E-state index < -0.39 is 15.9 Å². The van der Waals surface area contributed by atoms with Crippen LogP contribution in [0.5, 0.6) is 0 Å². The van der Waals surface area contributed by atoms with Gasteiger partial charge in [-0.25, -0.2) is 8.42 Å². The summed E-state index contributed by atoms with van der Waals surface area (Å²) in [6.45, 7) is -0.0759. The second kappa shape index (κ2) is 6.41. The highest BCUT2D eigenvalue weighted by atomic mass is 32.2. The molecule has 0 saturated carbocycles. The third-order valence-electron chi connectivity index (χ3n) is 4.51. The number of carbonyl (C=O) groups excluding carboxylic acids is 1. The van der Waals surface area contributed by atoms with Crippen LogP contribution in [0.25, 0.3) is 10.8 Å². The largest absolute Gasteiger partial charge is 0.350 e. The van der Waals surface area contributed by atoms with Gasteiger partial charge < -0.3 is 5.32 Å². The molecule has 6 nitrogen and oxygen atoms in total. The Morgan fingerprint density at radius 1 is 1.07 bits per heavy atom. The highest BCUT2D eigenvalue weighted by Crippen LogP contribution is 2.41. The predicted molar refractivity (Wildman–Crippen MR) is 101 cm³/mol. The Morgan fingerprint density at radius 2 is 1.81 bits per heavy atom. The molecule has 1 heterocycles. The van der Waals surface area contributed by atoms with Crippen LogP contribution in [-0.4, -0.2) is 20.9 Å². The molecule has 0 unspecified atom stereocenters. The van der Waals surface area contributed by atoms with Gasteiger partial charge in [0.05, 0.1) is 22.2 Å². The summed E-state index contributed by atoms with van der Waals surface area (Å²) in [6, 6.07) is 19.4. The summed E-state index contributed by atoms with van der Waals surface area (Å²) < 4.78 is 26.9. The molecule has 4 rings (SSSR count). The number of nitrogens with zero attached hydrogens (tertiary/aromatic N) is 2. The quantitative estimate of drug-likeness (QED) is 0.756. The van der Waals surface area contributed by atoms with Gasteiger partial charge in [0.1, 0.15) is 6.54 Å². The van der Waals surface area contributed by atoms with Crippen molar-refractivity contribution in [2.45, 2.75) is 11.4 Å². The number of nitriles is 1. The number of rotatable bonds is 4. The third-order valence-corrected chi connectivity index (χ3v) is 6.32. The van der Waals surface area contributed by atoms with Crippen LogP contribution in [-0.2, 0) is 21.4 Å². The van der Waals surface area contributed by atoms with Gasteiger partial charge in [-0.05, 0) is 35.2 Å². The first-order valence-electron chi connectivity index (χ1n) is 8.31. The molecule has 0 bridgehead atoms. The van der Waals surface area contributed by atoms with E-state index in [4.69, 9.17) is 5.26 Å². The number of nitrogens with one attached hydrogen (secondary N) is 1. The van der Waals surface area contributed by atoms with Crippen LogP contribution in [0.1, 0.15) is 11.1 Å². The lowest BCUT2D eigenvalue weighted by Crippen LogP contribution is -2.38. The number of benzene rings is 3. The summed E-state index contributed by atoms with van der Waals surface area (Å²) in [5.74, 6) is -0.411. The molecule has 1 aliphatic heterocycles. The highest BCUT2D eigenvalue weighted by molar-refractivity contribution is 7.93. The third kappa shape index (κ3) is 2.90. The van der Waals surface area contributed by atoms with Crippen LogP contribution >= 0.6 is 0 Å². The van der Waals surface area contributed by atoms with Crippen molar-refractivity contribution in [1.29, 1.82) is 5.26 Å². The lowest BCUT2D eigenvalue weighted by atomic mass is 10.1. The Labute approximate surface area is 156 Å². The highest BCUT2D eigenvalue weighted by Gasteiger charge is 2.36. The standard InChI is InChI=1S/C20H15N3O3S/c21-11-14-4-1-5-15(10-14)12-22-19(24)13-23-17-8-2-6-16-7-3-9-18(20(16)17)27(23,25)26/h1-10H,12-13H2,(H,22,24). The SMILES string of the molecule is N#Cc1cccc(CNC(=O)CN2c3cccc4cccc(c34)S2(=O)=O)c1. The number of hydrogen-bond donors (Lipinski definition) is 1. The van der Waals surface area contributed by atoms with Gasteiger partial charge in [0, 0.05) is 11.9 Å². The van der Waals surface area contributed by atoms with E-state index >= 15 is 0 Å². The van der Waals surface area contributed by atoms with E-state index in [1.54, 1.807) is 48.5 Å². The molecule has 1 amide bonds. The molecule has 27 heavy (non-hydrogen) atoms. The maximum Gasteiger partial charge on any atom is 0.265 e. The van der Waals surface area contributed by atoms with E-state index in [-0.39, 0.29) is 18.0 Å². The fourth-order valence-corrected chi connectivity index (χ4v) is 4.93. The van der Waals surface area contributed by atoms with Gasteiger partial charge >= 0.3 is 0 Å². The van der Waals surface area contributed by atoms with Crippen molar-refractivity contribution in [2.75, 3.05) is 10.8 Å². The van der Waals surface area contributed by atoms with Crippen LogP contribution < -0.4 is 9.62 Å². The van der Waals surface area contributed by atoms with E-state index in [0.717, 1.165) is 15.3 Å². The average Bonchev–Trinajstić information content (AvgIpc) is 2.90. The number of carbonyl (C=O) groups is 1. The molecule has 3 aromatic rings. The van der Waals surface area contributed by atoms with Gasteiger partial charge in [-0.15, -0.1) is 0 Å². The van der Waals surface area contributed by atoms with Crippen molar-refractivity contribution in [3.8, 4) is 6.07 Å². The van der Waals surface area contributed by atoms with Gasteiger partial charge in [0.2, 0.25) is 5.91 Å². The van der Waals surface area contributed by atoms with Crippen molar-refractivity contribution in [3.05, 3.63) is 71.8 Å². The molecule has 0 aliphatic carbocycles. The van der Waals surface area contributed by atoms with Crippen molar-refractivity contribution in [1.82, 2.24) is 5.32 Å². The molecule has 134 valence electrons. The Balaban J connectivity index is 1.55. The van der Waals surface area contributed by atoms with E-state index in [0.29, 0.717) is 16.6 Å². The molecule has 1 N–H and O–H groups in total. The lowest BCUT2D eigenvalue weighted by Gasteiger charge is -2.18. The Hall–Kier alpha value is -3.37. The monoisotopic (exact) mass is 377 g/mol. The van der Waals surface area contributed by atoms with Gasteiger partial charge in [-0.1, -0.05) is 36.4 Å². The Morgan fingerprint density at radius 3 is 2.59 bits per heavy atom. The second-order valence-corrected chi connectivity index (χ2v) is 8.06. The fourth-order valence-electron chi connectivity index (χ4n) is 3.27. The van der Waals surface area contributed by atoms with Gasteiger partial charge in [0.25, 0.3) is 10.0 Å². The minimum Gasteiger partial charge on any atom is -0.350 e. The average molecular weight is 377 g/mol. The van der Waals surface area contributed by atoms with Crippen LogP contribution in [0.4, 0.5) is 5.69 Å². The summed E-state index contributed by atoms with van der Waals surface area (Å²) in [7, 11) is -3.76. The minimum atomic E-state index is -3.76. The number of amides is 1. The smallest absolute Gasteiger partial charge is 0.265 e. The molecule has 7 heteroatoms. The molecule has 0 spiro atoms. The zero-order chi connectivity index (χ0) is 19.0. The Bertz CT molecular complexity index is 1210. The minimum absolute atomic E-state index is 0.222. The molecule has 0 aromatic heterocycles. The normalized spacial score (nSPS) is 14.1. The summed E-state index contributed by atoms with van der Waals surface area (Å²) in [5, 5.41) is 13.1. The molecule has 0 radical (unpaired) electrons. The van der Waals surface area contributed by atoms with Crippen LogP contribution in [0, 0.1) is 11.3 Å². The molecular weight excluding hydrogens is 362 g/mol. The van der Waals surface area contributed by atoms with Gasteiger partial charge in [-0.3, -0.25) is 9.10 Å². The zero-order valence-corrected chi connectivity index (χ0v) is 15.0. The van der Waals surface area contributed by atoms with Gasteiger partial charge in [-0.2, -0.15) is 5.26 Å². The van der Waals surface area contributed by atoms with Crippen LogP contribution in [0.3, 0.4) is 0 Å². The van der Waals surface area contributed by atoms with Crippen LogP contribution in [0.15, 0.2) is 65.6 Å². The molecule has 0 fully saturated rings. The number of sulfonamides is 1. The first-order chi connectivity index (χ1) is 13.0. The van der Waals surface area contributed by atoms with E-state index in [1.807, 2.05) is 18.2 Å². The van der Waals surface area contributed by atoms with E-state index in [2.05, 4.69) is 5.32 Å². The maximum atomic E-state index is 12.9.